The van der Waals surface area contributed by atoms with Crippen LogP contribution in [0.4, 0.5) is 0 Å². The van der Waals surface area contributed by atoms with Crippen molar-refractivity contribution in [3.05, 3.63) is 12.2 Å². The van der Waals surface area contributed by atoms with E-state index in [0.29, 0.717) is 19.3 Å². The molecule has 0 bridgehead atoms. The molecular weight excluding hydrogens is 498 g/mol. The molecule has 2 atom stereocenters. The lowest BCUT2D eigenvalue weighted by atomic mass is 10.1. The van der Waals surface area contributed by atoms with E-state index < -0.39 is 18.1 Å². The van der Waals surface area contributed by atoms with E-state index in [9.17, 15) is 19.5 Å². The topological polar surface area (TPSA) is 102 Å². The number of allylic oxidation sites excluding steroid dienone is 2. The molecule has 8 nitrogen and oxygen atoms in total. The van der Waals surface area contributed by atoms with Crippen LogP contribution < -0.4 is 5.11 Å². The fourth-order valence-corrected chi connectivity index (χ4v) is 4.22. The molecule has 0 aliphatic carbocycles. The van der Waals surface area contributed by atoms with E-state index in [2.05, 4.69) is 19.1 Å². The van der Waals surface area contributed by atoms with Crippen molar-refractivity contribution in [2.45, 2.75) is 129 Å². The molecule has 2 unspecified atom stereocenters. The molecule has 0 aliphatic rings. The Hall–Kier alpha value is -1.93. The number of quaternary nitrogens is 1. The summed E-state index contributed by atoms with van der Waals surface area (Å²) >= 11 is 0. The Balaban J connectivity index is 4.23. The van der Waals surface area contributed by atoms with Crippen LogP contribution in [0, 0.1) is 0 Å². The van der Waals surface area contributed by atoms with Gasteiger partial charge in [0.2, 0.25) is 0 Å². The van der Waals surface area contributed by atoms with Crippen LogP contribution in [0.5, 0.6) is 0 Å². The van der Waals surface area contributed by atoms with E-state index in [1.807, 2.05) is 6.92 Å². The lowest BCUT2D eigenvalue weighted by Gasteiger charge is -2.34. The minimum absolute atomic E-state index is 0.0360. The molecule has 0 fully saturated rings. The first-order chi connectivity index (χ1) is 18.6. The molecule has 39 heavy (non-hydrogen) atoms. The van der Waals surface area contributed by atoms with Gasteiger partial charge in [0.25, 0.3) is 0 Å². The lowest BCUT2D eigenvalue weighted by molar-refractivity contribution is -0.889. The number of ether oxygens (including phenoxy) is 3. The Bertz CT molecular complexity index is 672. The molecule has 0 saturated heterocycles. The van der Waals surface area contributed by atoms with Crippen molar-refractivity contribution >= 4 is 17.9 Å². The normalized spacial score (nSPS) is 13.4. The summed E-state index contributed by atoms with van der Waals surface area (Å²) in [4.78, 5) is 35.6. The number of hydrogen-bond acceptors (Lipinski definition) is 7. The van der Waals surface area contributed by atoms with Gasteiger partial charge in [-0.15, -0.1) is 0 Å². The fraction of sp³-hybridized carbons (Fsp3) is 0.839. The van der Waals surface area contributed by atoms with Gasteiger partial charge >= 0.3 is 11.9 Å². The number of unbranched alkanes of at least 4 members (excludes halogenated alkanes) is 10. The molecule has 228 valence electrons. The first-order valence-corrected chi connectivity index (χ1v) is 15.2. The number of carboxylic acid groups (broad SMARTS) is 1. The van der Waals surface area contributed by atoms with Gasteiger partial charge in [0, 0.05) is 19.3 Å². The highest BCUT2D eigenvalue weighted by atomic mass is 16.6. The highest BCUT2D eigenvalue weighted by Crippen LogP contribution is 2.11. The van der Waals surface area contributed by atoms with Crippen LogP contribution in [-0.2, 0) is 28.6 Å². The van der Waals surface area contributed by atoms with Crippen LogP contribution in [0.3, 0.4) is 0 Å². The molecular formula is C31H57NO7. The van der Waals surface area contributed by atoms with E-state index in [1.54, 1.807) is 21.1 Å². The summed E-state index contributed by atoms with van der Waals surface area (Å²) in [6.07, 6.45) is 19.5. The van der Waals surface area contributed by atoms with Crippen molar-refractivity contribution in [1.29, 1.82) is 0 Å². The molecule has 0 aromatic carbocycles. The maximum Gasteiger partial charge on any atom is 0.306 e. The molecule has 0 saturated carbocycles. The average Bonchev–Trinajstić information content (AvgIpc) is 2.86. The zero-order valence-electron chi connectivity index (χ0n) is 25.5. The zero-order chi connectivity index (χ0) is 29.4. The van der Waals surface area contributed by atoms with E-state index in [1.165, 1.54) is 44.9 Å². The van der Waals surface area contributed by atoms with Gasteiger partial charge in [-0.25, -0.2) is 0 Å². The third-order valence-electron chi connectivity index (χ3n) is 6.62. The van der Waals surface area contributed by atoms with Gasteiger partial charge in [0.05, 0.1) is 40.3 Å². The smallest absolute Gasteiger partial charge is 0.306 e. The molecule has 0 heterocycles. The summed E-state index contributed by atoms with van der Waals surface area (Å²) in [5.41, 5.74) is 0. The average molecular weight is 556 g/mol. The van der Waals surface area contributed by atoms with E-state index >= 15 is 0 Å². The molecule has 0 rings (SSSR count). The van der Waals surface area contributed by atoms with Crippen LogP contribution in [-0.4, -0.2) is 75.5 Å². The predicted molar refractivity (Wildman–Crippen MR) is 153 cm³/mol. The van der Waals surface area contributed by atoms with E-state index in [-0.39, 0.29) is 42.7 Å². The summed E-state index contributed by atoms with van der Waals surface area (Å²) in [7, 11) is 5.35. The maximum atomic E-state index is 12.4. The van der Waals surface area contributed by atoms with Crippen molar-refractivity contribution in [2.24, 2.45) is 0 Å². The minimum Gasteiger partial charge on any atom is -0.544 e. The Kier molecular flexibility index (Phi) is 22.7. The van der Waals surface area contributed by atoms with E-state index in [0.717, 1.165) is 32.1 Å². The van der Waals surface area contributed by atoms with Crippen molar-refractivity contribution in [2.75, 3.05) is 41.0 Å². The standard InChI is InChI=1S/C31H57NO7/c1-6-8-9-10-11-12-13-14-15-16-17-18-19-20-22-30(34)39-27(26-38-29(33)21-7-2)25-37-24-23-28(31(35)36)32(3,4)5/h13-14,27-28H,6-12,15-26H2,1-5H3/b14-13-. The predicted octanol–water partition coefficient (Wildman–Crippen LogP) is 5.12. The molecule has 0 spiro atoms. The maximum absolute atomic E-state index is 12.4. The number of esters is 2. The number of rotatable bonds is 26. The second kappa shape index (κ2) is 23.9. The molecule has 0 aromatic heterocycles. The number of likely N-dealkylation sites (N-methyl/N-ethyl adjacent to an activating group) is 1. The molecule has 0 radical (unpaired) electrons. The van der Waals surface area contributed by atoms with Crippen LogP contribution in [0.1, 0.15) is 117 Å². The van der Waals surface area contributed by atoms with E-state index in [4.69, 9.17) is 14.2 Å². The second-order valence-electron chi connectivity index (χ2n) is 11.3. The summed E-state index contributed by atoms with van der Waals surface area (Å²) in [5.74, 6) is -1.81. The van der Waals surface area contributed by atoms with Gasteiger partial charge < -0.3 is 28.6 Å². The Morgan fingerprint density at radius 1 is 0.744 bits per heavy atom. The van der Waals surface area contributed by atoms with Gasteiger partial charge in [-0.05, 0) is 38.5 Å². The third-order valence-corrected chi connectivity index (χ3v) is 6.62. The Morgan fingerprint density at radius 3 is 1.90 bits per heavy atom. The van der Waals surface area contributed by atoms with Crippen molar-refractivity contribution in [3.63, 3.8) is 0 Å². The molecule has 0 N–H and O–H groups in total. The third kappa shape index (κ3) is 22.6. The van der Waals surface area contributed by atoms with Crippen LogP contribution in [0.25, 0.3) is 0 Å². The number of carbonyl (C=O) groups excluding carboxylic acids is 3. The van der Waals surface area contributed by atoms with Gasteiger partial charge in [-0.1, -0.05) is 70.9 Å². The summed E-state index contributed by atoms with van der Waals surface area (Å²) < 4.78 is 16.6. The number of nitrogens with zero attached hydrogens (tertiary/aromatic N) is 1. The number of carboxylic acids is 1. The molecule has 8 heteroatoms. The highest BCUT2D eigenvalue weighted by molar-refractivity contribution is 5.70. The minimum atomic E-state index is -1.13. The molecule has 0 aliphatic heterocycles. The quantitative estimate of drug-likeness (QED) is 0.0632. The van der Waals surface area contributed by atoms with Crippen LogP contribution >= 0.6 is 0 Å². The van der Waals surface area contributed by atoms with Gasteiger partial charge in [0.15, 0.2) is 6.10 Å². The fourth-order valence-electron chi connectivity index (χ4n) is 4.22. The SMILES string of the molecule is CCCCCCC/C=C\CCCCCCCC(=O)OC(COCCC(C(=O)[O-])[N+](C)(C)C)COC(=O)CCC. The zero-order valence-corrected chi connectivity index (χ0v) is 25.5. The number of carbonyl (C=O) groups is 3. The largest absolute Gasteiger partial charge is 0.544 e. The van der Waals surface area contributed by atoms with Crippen LogP contribution in [0.15, 0.2) is 12.2 Å². The highest BCUT2D eigenvalue weighted by Gasteiger charge is 2.25. The Labute approximate surface area is 238 Å². The number of hydrogen-bond donors (Lipinski definition) is 0. The monoisotopic (exact) mass is 555 g/mol. The number of aliphatic carboxylic acids is 1. The van der Waals surface area contributed by atoms with Crippen molar-refractivity contribution in [3.8, 4) is 0 Å². The Morgan fingerprint density at radius 2 is 1.33 bits per heavy atom. The lowest BCUT2D eigenvalue weighted by Crippen LogP contribution is -2.55. The van der Waals surface area contributed by atoms with Gasteiger partial charge in [0.1, 0.15) is 12.6 Å². The van der Waals surface area contributed by atoms with Gasteiger partial charge in [-0.2, -0.15) is 0 Å². The van der Waals surface area contributed by atoms with Gasteiger partial charge in [-0.3, -0.25) is 9.59 Å². The van der Waals surface area contributed by atoms with Crippen molar-refractivity contribution < 1.29 is 38.2 Å². The van der Waals surface area contributed by atoms with Crippen LogP contribution in [0.2, 0.25) is 0 Å². The van der Waals surface area contributed by atoms with Crippen molar-refractivity contribution in [1.82, 2.24) is 0 Å². The molecule has 0 aromatic rings. The summed E-state index contributed by atoms with van der Waals surface area (Å²) in [5, 5.41) is 11.4. The summed E-state index contributed by atoms with van der Waals surface area (Å²) in [6, 6.07) is -0.718. The first kappa shape index (κ1) is 37.1. The summed E-state index contributed by atoms with van der Waals surface area (Å²) in [6.45, 7) is 4.25. The molecule has 0 amide bonds. The first-order valence-electron chi connectivity index (χ1n) is 15.2. The second-order valence-corrected chi connectivity index (χ2v) is 11.3.